The van der Waals surface area contributed by atoms with Crippen LogP contribution in [0.3, 0.4) is 0 Å². The Kier molecular flexibility index (Phi) is 4.08. The molecule has 3 rings (SSSR count). The van der Waals surface area contributed by atoms with E-state index in [1.54, 1.807) is 24.3 Å². The second-order valence-electron chi connectivity index (χ2n) is 5.31. The fourth-order valence-corrected chi connectivity index (χ4v) is 2.94. The number of benzene rings is 2. The predicted molar refractivity (Wildman–Crippen MR) is 85.8 cm³/mol. The number of hydrogen-bond acceptors (Lipinski definition) is 5. The van der Waals surface area contributed by atoms with E-state index in [9.17, 15) is 18.0 Å². The number of anilines is 1. The molecule has 0 unspecified atom stereocenters. The van der Waals surface area contributed by atoms with E-state index in [-0.39, 0.29) is 11.3 Å². The molecule has 2 aromatic rings. The number of cyclic esters (lactones) is 1. The number of sulfonamides is 1. The van der Waals surface area contributed by atoms with E-state index in [2.05, 4.69) is 5.32 Å². The first-order chi connectivity index (χ1) is 11.3. The van der Waals surface area contributed by atoms with Crippen LogP contribution in [0.1, 0.15) is 15.9 Å². The van der Waals surface area contributed by atoms with Crippen LogP contribution in [0, 0.1) is 0 Å². The summed E-state index contributed by atoms with van der Waals surface area (Å²) in [6.07, 6.45) is -0.659. The molecule has 124 valence electrons. The van der Waals surface area contributed by atoms with Crippen LogP contribution in [-0.4, -0.2) is 26.4 Å². The van der Waals surface area contributed by atoms with Gasteiger partial charge in [-0.2, -0.15) is 0 Å². The Bertz CT molecular complexity index is 906. The number of nitrogens with one attached hydrogen (secondary N) is 1. The van der Waals surface area contributed by atoms with Gasteiger partial charge in [-0.1, -0.05) is 18.2 Å². The molecule has 3 N–H and O–H groups in total. The topological polar surface area (TPSA) is 116 Å². The highest BCUT2D eigenvalue weighted by Gasteiger charge is 2.31. The number of carbonyl (C=O) groups excluding carboxylic acids is 2. The summed E-state index contributed by atoms with van der Waals surface area (Å²) in [5.74, 6) is -1.03. The molecule has 0 aromatic heterocycles. The van der Waals surface area contributed by atoms with Crippen molar-refractivity contribution < 1.29 is 22.7 Å². The first-order valence-electron chi connectivity index (χ1n) is 7.07. The molecule has 1 aliphatic heterocycles. The summed E-state index contributed by atoms with van der Waals surface area (Å²) in [4.78, 5) is 24.1. The first kappa shape index (κ1) is 16.2. The van der Waals surface area contributed by atoms with Crippen molar-refractivity contribution in [3.05, 3.63) is 59.7 Å². The summed E-state index contributed by atoms with van der Waals surface area (Å²) >= 11 is 0. The Balaban J connectivity index is 1.73. The van der Waals surface area contributed by atoms with Crippen molar-refractivity contribution in [1.29, 1.82) is 0 Å². The molecule has 0 saturated heterocycles. The first-order valence-corrected chi connectivity index (χ1v) is 8.62. The zero-order valence-corrected chi connectivity index (χ0v) is 13.2. The molecular weight excluding hydrogens is 332 g/mol. The van der Waals surface area contributed by atoms with Gasteiger partial charge in [0.15, 0.2) is 6.10 Å². The molecule has 0 saturated carbocycles. The third-order valence-corrected chi connectivity index (χ3v) is 4.56. The summed E-state index contributed by atoms with van der Waals surface area (Å²) in [5.41, 5.74) is 1.58. The molecule has 1 atom stereocenters. The van der Waals surface area contributed by atoms with Gasteiger partial charge in [0.2, 0.25) is 10.0 Å². The largest absolute Gasteiger partial charge is 0.448 e. The van der Waals surface area contributed by atoms with Crippen LogP contribution in [0.25, 0.3) is 0 Å². The van der Waals surface area contributed by atoms with Crippen LogP contribution < -0.4 is 10.5 Å². The Morgan fingerprint density at radius 3 is 2.46 bits per heavy atom. The maximum absolute atomic E-state index is 12.3. The summed E-state index contributed by atoms with van der Waals surface area (Å²) in [7, 11) is -3.79. The minimum atomic E-state index is -3.79. The second-order valence-corrected chi connectivity index (χ2v) is 6.88. The van der Waals surface area contributed by atoms with Crippen molar-refractivity contribution in [3.8, 4) is 0 Å². The number of esters is 1. The quantitative estimate of drug-likeness (QED) is 0.806. The van der Waals surface area contributed by atoms with Crippen molar-refractivity contribution in [1.82, 2.24) is 0 Å². The lowest BCUT2D eigenvalue weighted by Gasteiger charge is -2.23. The van der Waals surface area contributed by atoms with Gasteiger partial charge in [0, 0.05) is 12.1 Å². The highest BCUT2D eigenvalue weighted by atomic mass is 32.2. The van der Waals surface area contributed by atoms with E-state index in [0.29, 0.717) is 11.3 Å². The molecule has 1 amide bonds. The Morgan fingerprint density at radius 2 is 1.79 bits per heavy atom. The summed E-state index contributed by atoms with van der Waals surface area (Å²) in [6, 6.07) is 12.3. The molecule has 8 heteroatoms. The van der Waals surface area contributed by atoms with Gasteiger partial charge < -0.3 is 10.1 Å². The smallest absolute Gasteiger partial charge is 0.339 e. The molecule has 24 heavy (non-hydrogen) atoms. The van der Waals surface area contributed by atoms with Gasteiger partial charge in [0.25, 0.3) is 5.91 Å². The van der Waals surface area contributed by atoms with E-state index in [1.807, 2.05) is 0 Å². The van der Waals surface area contributed by atoms with Crippen LogP contribution in [0.5, 0.6) is 0 Å². The summed E-state index contributed by atoms with van der Waals surface area (Å²) < 4.78 is 27.6. The van der Waals surface area contributed by atoms with Crippen LogP contribution in [0.4, 0.5) is 5.69 Å². The lowest BCUT2D eigenvalue weighted by atomic mass is 9.98. The normalized spacial score (nSPS) is 16.9. The highest BCUT2D eigenvalue weighted by molar-refractivity contribution is 7.89. The van der Waals surface area contributed by atoms with Crippen molar-refractivity contribution in [2.45, 2.75) is 17.4 Å². The van der Waals surface area contributed by atoms with Crippen LogP contribution >= 0.6 is 0 Å². The van der Waals surface area contributed by atoms with E-state index < -0.39 is 28.0 Å². The van der Waals surface area contributed by atoms with Gasteiger partial charge in [-0.05, 0) is 35.9 Å². The van der Waals surface area contributed by atoms with E-state index in [4.69, 9.17) is 9.88 Å². The lowest BCUT2D eigenvalue weighted by molar-refractivity contribution is -0.125. The molecule has 0 radical (unpaired) electrons. The Labute approximate surface area is 138 Å². The van der Waals surface area contributed by atoms with E-state index >= 15 is 0 Å². The van der Waals surface area contributed by atoms with Gasteiger partial charge in [0.05, 0.1) is 10.5 Å². The van der Waals surface area contributed by atoms with Gasteiger partial charge in [-0.25, -0.2) is 18.4 Å². The number of ether oxygens (including phenoxy) is 1. The van der Waals surface area contributed by atoms with Crippen LogP contribution in [-0.2, 0) is 26.0 Å². The van der Waals surface area contributed by atoms with E-state index in [1.165, 1.54) is 24.3 Å². The summed E-state index contributed by atoms with van der Waals surface area (Å²) in [6.45, 7) is 0. The SMILES string of the molecule is NS(=O)(=O)c1ccc(NC(=O)[C@H]2Cc3ccccc3C(=O)O2)cc1. The summed E-state index contributed by atoms with van der Waals surface area (Å²) in [5, 5.41) is 7.60. The Morgan fingerprint density at radius 1 is 1.12 bits per heavy atom. The molecular formula is C16H14N2O5S. The van der Waals surface area contributed by atoms with Crippen molar-refractivity contribution in [2.75, 3.05) is 5.32 Å². The third-order valence-electron chi connectivity index (χ3n) is 3.63. The molecule has 0 bridgehead atoms. The number of rotatable bonds is 3. The lowest BCUT2D eigenvalue weighted by Crippen LogP contribution is -2.37. The minimum absolute atomic E-state index is 0.0569. The zero-order valence-electron chi connectivity index (χ0n) is 12.4. The average molecular weight is 346 g/mol. The number of nitrogens with two attached hydrogens (primary N) is 1. The van der Waals surface area contributed by atoms with Crippen LogP contribution in [0.2, 0.25) is 0 Å². The highest BCUT2D eigenvalue weighted by Crippen LogP contribution is 2.21. The third kappa shape index (κ3) is 3.29. The molecule has 0 fully saturated rings. The Hall–Kier alpha value is -2.71. The van der Waals surface area contributed by atoms with E-state index in [0.717, 1.165) is 5.56 Å². The fraction of sp³-hybridized carbons (Fsp3) is 0.125. The van der Waals surface area contributed by atoms with Gasteiger partial charge >= 0.3 is 5.97 Å². The predicted octanol–water partition coefficient (Wildman–Crippen LogP) is 1.05. The van der Waals surface area contributed by atoms with Gasteiger partial charge in [-0.3, -0.25) is 4.79 Å². The van der Waals surface area contributed by atoms with Gasteiger partial charge in [-0.15, -0.1) is 0 Å². The molecule has 2 aromatic carbocycles. The zero-order chi connectivity index (χ0) is 17.3. The number of hydrogen-bond donors (Lipinski definition) is 2. The molecule has 0 aliphatic carbocycles. The molecule has 1 aliphatic rings. The van der Waals surface area contributed by atoms with Crippen molar-refractivity contribution in [2.24, 2.45) is 5.14 Å². The van der Waals surface area contributed by atoms with Crippen molar-refractivity contribution in [3.63, 3.8) is 0 Å². The number of primary sulfonamides is 1. The maximum Gasteiger partial charge on any atom is 0.339 e. The van der Waals surface area contributed by atoms with Gasteiger partial charge in [0.1, 0.15) is 0 Å². The number of amides is 1. The average Bonchev–Trinajstić information content (AvgIpc) is 2.54. The standard InChI is InChI=1S/C16H14N2O5S/c17-24(21,22)12-7-5-11(6-8-12)18-15(19)14-9-10-3-1-2-4-13(10)16(20)23-14/h1-8,14H,9H2,(H,18,19)(H2,17,21,22)/t14-/m1/s1. The number of fused-ring (bicyclic) bond motifs is 1. The second kappa shape index (κ2) is 6.06. The van der Waals surface area contributed by atoms with Crippen LogP contribution in [0.15, 0.2) is 53.4 Å². The van der Waals surface area contributed by atoms with Crippen molar-refractivity contribution >= 4 is 27.6 Å². The molecule has 0 spiro atoms. The monoisotopic (exact) mass is 346 g/mol. The maximum atomic E-state index is 12.3. The number of carbonyl (C=O) groups is 2. The molecule has 7 nitrogen and oxygen atoms in total. The minimum Gasteiger partial charge on any atom is -0.448 e. The molecule has 1 heterocycles. The fourth-order valence-electron chi connectivity index (χ4n) is 2.43.